The van der Waals surface area contributed by atoms with Gasteiger partial charge in [-0.3, -0.25) is 9.69 Å². The first-order valence-corrected chi connectivity index (χ1v) is 18.5. The Kier molecular flexibility index (Phi) is 15.2. The lowest BCUT2D eigenvalue weighted by Gasteiger charge is -2.50. The highest BCUT2D eigenvalue weighted by molar-refractivity contribution is 5.73. The van der Waals surface area contributed by atoms with Crippen molar-refractivity contribution < 1.29 is 53.3 Å². The topological polar surface area (TPSA) is 149 Å². The molecule has 50 heavy (non-hydrogen) atoms. The zero-order valence-electron chi connectivity index (χ0n) is 33.4. The van der Waals surface area contributed by atoms with E-state index in [0.29, 0.717) is 12.8 Å². The van der Waals surface area contributed by atoms with Crippen LogP contribution in [0, 0.1) is 17.8 Å². The van der Waals surface area contributed by atoms with E-state index in [-0.39, 0.29) is 36.6 Å². The maximum atomic E-state index is 14.1. The number of hydrogen-bond donors (Lipinski definition) is 3. The van der Waals surface area contributed by atoms with Crippen LogP contribution in [0.5, 0.6) is 0 Å². The van der Waals surface area contributed by atoms with Crippen LogP contribution in [0.2, 0.25) is 0 Å². The van der Waals surface area contributed by atoms with Crippen molar-refractivity contribution in [2.75, 3.05) is 35.4 Å². The van der Waals surface area contributed by atoms with Crippen LogP contribution < -0.4 is 0 Å². The lowest BCUT2D eigenvalue weighted by Crippen LogP contribution is -2.61. The van der Waals surface area contributed by atoms with Crippen LogP contribution in [-0.2, 0) is 38.0 Å². The molecule has 0 aliphatic carbocycles. The molecule has 13 heteroatoms. The molecule has 0 bridgehead atoms. The minimum atomic E-state index is -1.05. The lowest BCUT2D eigenvalue weighted by atomic mass is 9.76. The van der Waals surface area contributed by atoms with Gasteiger partial charge in [0.15, 0.2) is 12.6 Å². The van der Waals surface area contributed by atoms with Crippen LogP contribution in [-0.4, -0.2) is 157 Å². The number of rotatable bonds is 7. The second-order valence-electron chi connectivity index (χ2n) is 16.3. The number of hydrogen-bond acceptors (Lipinski definition) is 13. The van der Waals surface area contributed by atoms with E-state index >= 15 is 0 Å². The van der Waals surface area contributed by atoms with Crippen LogP contribution in [0.1, 0.15) is 88.5 Å². The van der Waals surface area contributed by atoms with Crippen molar-refractivity contribution in [1.29, 1.82) is 0 Å². The Balaban J connectivity index is 2.17. The SMILES string of the molecule is CO[C@]1(C)C[C@H](O[C@H]2[C@H](C)[C@@H](O[C@@H]3O[C@H](C)C[C@H](N(C)C)[C@H]3O)[C@@](C)(OC)C[C@@H](C)[C@H](O)[C@H](C)N(C)C(C)C(C)OC(=O)[C@@H]2C)O[C@@H](C)[C@@H]1O. The number of ether oxygens (including phenoxy) is 7. The number of esters is 1. The van der Waals surface area contributed by atoms with Gasteiger partial charge in [0.05, 0.1) is 47.6 Å². The van der Waals surface area contributed by atoms with E-state index in [1.807, 2.05) is 86.3 Å². The molecule has 0 radical (unpaired) electrons. The molecule has 3 saturated heterocycles. The van der Waals surface area contributed by atoms with Crippen LogP contribution in [0.15, 0.2) is 0 Å². The molecular formula is C37H70N2O11. The Morgan fingerprint density at radius 1 is 0.820 bits per heavy atom. The van der Waals surface area contributed by atoms with Gasteiger partial charge < -0.3 is 53.4 Å². The predicted octanol–water partition coefficient (Wildman–Crippen LogP) is 2.80. The van der Waals surface area contributed by atoms with Crippen molar-refractivity contribution >= 4 is 5.97 Å². The smallest absolute Gasteiger partial charge is 0.311 e. The fourth-order valence-electron chi connectivity index (χ4n) is 8.28. The summed E-state index contributed by atoms with van der Waals surface area (Å²) in [6, 6.07) is -0.685. The molecule has 294 valence electrons. The highest BCUT2D eigenvalue weighted by Gasteiger charge is 2.52. The summed E-state index contributed by atoms with van der Waals surface area (Å²) in [5, 5.41) is 34.2. The molecule has 3 N–H and O–H groups in total. The highest BCUT2D eigenvalue weighted by Crippen LogP contribution is 2.41. The zero-order valence-corrected chi connectivity index (χ0v) is 33.4. The van der Waals surface area contributed by atoms with Crippen LogP contribution >= 0.6 is 0 Å². The van der Waals surface area contributed by atoms with Crippen molar-refractivity contribution in [2.45, 2.75) is 179 Å². The second kappa shape index (κ2) is 17.4. The van der Waals surface area contributed by atoms with Gasteiger partial charge in [0.2, 0.25) is 0 Å². The number of methoxy groups -OCH3 is 2. The van der Waals surface area contributed by atoms with Crippen molar-refractivity contribution in [1.82, 2.24) is 9.80 Å². The van der Waals surface area contributed by atoms with Gasteiger partial charge in [-0.05, 0) is 95.3 Å². The molecular weight excluding hydrogens is 648 g/mol. The summed E-state index contributed by atoms with van der Waals surface area (Å²) in [6.07, 6.45) is -6.24. The predicted molar refractivity (Wildman–Crippen MR) is 188 cm³/mol. The maximum Gasteiger partial charge on any atom is 0.311 e. The minimum absolute atomic E-state index is 0.199. The van der Waals surface area contributed by atoms with E-state index in [1.54, 1.807) is 28.1 Å². The van der Waals surface area contributed by atoms with Gasteiger partial charge in [0, 0.05) is 44.7 Å². The highest BCUT2D eigenvalue weighted by atomic mass is 16.7. The molecule has 0 amide bonds. The average molecular weight is 719 g/mol. The number of cyclic esters (lactones) is 1. The van der Waals surface area contributed by atoms with Gasteiger partial charge >= 0.3 is 5.97 Å². The molecule has 0 aromatic rings. The van der Waals surface area contributed by atoms with E-state index < -0.39 is 84.3 Å². The summed E-state index contributed by atoms with van der Waals surface area (Å²) in [6.45, 7) is 19.0. The van der Waals surface area contributed by atoms with E-state index in [0.717, 1.165) is 0 Å². The zero-order chi connectivity index (χ0) is 38.0. The van der Waals surface area contributed by atoms with Crippen molar-refractivity contribution in [2.24, 2.45) is 17.8 Å². The van der Waals surface area contributed by atoms with Crippen molar-refractivity contribution in [3.05, 3.63) is 0 Å². The van der Waals surface area contributed by atoms with Crippen LogP contribution in [0.4, 0.5) is 0 Å². The molecule has 3 heterocycles. The molecule has 18 atom stereocenters. The summed E-state index contributed by atoms with van der Waals surface area (Å²) in [5.74, 6) is -2.09. The van der Waals surface area contributed by atoms with Gasteiger partial charge in [-0.2, -0.15) is 0 Å². The van der Waals surface area contributed by atoms with Gasteiger partial charge in [-0.25, -0.2) is 0 Å². The molecule has 3 rings (SSSR count). The number of likely N-dealkylation sites (N-methyl/N-ethyl adjacent to an activating group) is 2. The Labute approximate surface area is 301 Å². The molecule has 0 aromatic heterocycles. The fourth-order valence-corrected chi connectivity index (χ4v) is 8.28. The normalized spacial score (nSPS) is 49.4. The minimum Gasteiger partial charge on any atom is -0.461 e. The van der Waals surface area contributed by atoms with Gasteiger partial charge in [-0.15, -0.1) is 0 Å². The molecule has 0 aromatic carbocycles. The molecule has 13 nitrogen and oxygen atoms in total. The average Bonchev–Trinajstić information content (AvgIpc) is 3.06. The molecule has 0 spiro atoms. The maximum absolute atomic E-state index is 14.1. The van der Waals surface area contributed by atoms with Crippen molar-refractivity contribution in [3.8, 4) is 0 Å². The number of nitrogens with zero attached hydrogens (tertiary/aromatic N) is 2. The molecule has 2 unspecified atom stereocenters. The summed E-state index contributed by atoms with van der Waals surface area (Å²) < 4.78 is 44.4. The molecule has 3 aliphatic heterocycles. The first kappa shape index (κ1) is 43.4. The quantitative estimate of drug-likeness (QED) is 0.332. The third-order valence-electron chi connectivity index (χ3n) is 12.3. The molecule has 0 saturated carbocycles. The summed E-state index contributed by atoms with van der Waals surface area (Å²) in [5.41, 5.74) is -2.01. The Morgan fingerprint density at radius 2 is 1.42 bits per heavy atom. The Hall–Kier alpha value is -0.970. The third-order valence-corrected chi connectivity index (χ3v) is 12.3. The number of carbonyl (C=O) groups is 1. The Bertz CT molecular complexity index is 1090. The largest absolute Gasteiger partial charge is 0.461 e. The molecule has 3 aliphatic rings. The van der Waals surface area contributed by atoms with Crippen LogP contribution in [0.25, 0.3) is 0 Å². The van der Waals surface area contributed by atoms with E-state index in [1.165, 1.54) is 0 Å². The van der Waals surface area contributed by atoms with Crippen LogP contribution in [0.3, 0.4) is 0 Å². The monoisotopic (exact) mass is 718 g/mol. The Morgan fingerprint density at radius 3 is 1.98 bits per heavy atom. The number of carbonyl (C=O) groups excluding carboxylic acids is 1. The number of aliphatic hydroxyl groups excluding tert-OH is 3. The summed E-state index contributed by atoms with van der Waals surface area (Å²) in [7, 11) is 8.92. The van der Waals surface area contributed by atoms with Gasteiger partial charge in [0.1, 0.15) is 18.3 Å². The summed E-state index contributed by atoms with van der Waals surface area (Å²) >= 11 is 0. The third kappa shape index (κ3) is 9.39. The first-order valence-electron chi connectivity index (χ1n) is 18.5. The number of aliphatic hydroxyl groups is 3. The fraction of sp³-hybridized carbons (Fsp3) is 0.973. The van der Waals surface area contributed by atoms with E-state index in [9.17, 15) is 20.1 Å². The summed E-state index contributed by atoms with van der Waals surface area (Å²) in [4.78, 5) is 18.1. The van der Waals surface area contributed by atoms with Crippen molar-refractivity contribution in [3.63, 3.8) is 0 Å². The van der Waals surface area contributed by atoms with E-state index in [4.69, 9.17) is 33.2 Å². The second-order valence-corrected chi connectivity index (χ2v) is 16.3. The lowest BCUT2D eigenvalue weighted by molar-refractivity contribution is -0.319. The first-order chi connectivity index (χ1) is 23.1. The standard InChI is InChI=1S/C37H70N2O11/c1-19-17-37(10,45-15)33(50-35-30(41)27(38(11)12)16-20(2)46-35)21(3)31(49-28-18-36(9,44-14)32(42)26(8)47-28)22(4)34(43)48-25(7)23(5)39(13)24(6)29(19)40/h19-33,35,40-42H,16-18H2,1-15H3/t19-,20-,21+,22-,23?,24+,25?,26+,27+,28+,29+,30-,31+,32+,33-,35+,36-,37+/m1/s1. The molecule has 3 fully saturated rings. The van der Waals surface area contributed by atoms with Gasteiger partial charge in [0.25, 0.3) is 0 Å². The van der Waals surface area contributed by atoms with Gasteiger partial charge in [-0.1, -0.05) is 13.8 Å². The van der Waals surface area contributed by atoms with E-state index in [2.05, 4.69) is 0 Å².